The maximum atomic E-state index is 13.7. The number of anilines is 1. The number of carbonyl (C=O) groups excluding carboxylic acids is 1. The van der Waals surface area contributed by atoms with Crippen molar-refractivity contribution in [1.82, 2.24) is 0 Å². The van der Waals surface area contributed by atoms with Crippen LogP contribution in [0, 0.1) is 13.8 Å². The molecule has 0 unspecified atom stereocenters. The Kier molecular flexibility index (Phi) is 3.74. The summed E-state index contributed by atoms with van der Waals surface area (Å²) in [4.78, 5) is 15.3. The Bertz CT molecular complexity index is 1020. The molecular formula is C23H21NO3. The Morgan fingerprint density at radius 1 is 0.815 bits per heavy atom. The van der Waals surface area contributed by atoms with Gasteiger partial charge in [0, 0.05) is 18.3 Å². The van der Waals surface area contributed by atoms with Gasteiger partial charge in [-0.15, -0.1) is 0 Å². The van der Waals surface area contributed by atoms with E-state index in [9.17, 15) is 15.0 Å². The molecule has 4 rings (SSSR count). The number of amides is 1. The molecular weight excluding hydrogens is 338 g/mol. The minimum atomic E-state index is -1.07. The summed E-state index contributed by atoms with van der Waals surface area (Å²) in [7, 11) is 1.77. The van der Waals surface area contributed by atoms with Crippen LogP contribution >= 0.6 is 0 Å². The summed E-state index contributed by atoms with van der Waals surface area (Å²) >= 11 is 0. The van der Waals surface area contributed by atoms with Gasteiger partial charge in [0.2, 0.25) is 5.91 Å². The lowest BCUT2D eigenvalue weighted by Crippen LogP contribution is -2.40. The first-order chi connectivity index (χ1) is 12.9. The first-order valence-electron chi connectivity index (χ1n) is 8.85. The van der Waals surface area contributed by atoms with Gasteiger partial charge >= 0.3 is 0 Å². The average molecular weight is 359 g/mol. The minimum Gasteiger partial charge on any atom is -0.508 e. The molecule has 4 nitrogen and oxygen atoms in total. The molecule has 0 aliphatic carbocycles. The van der Waals surface area contributed by atoms with Crippen LogP contribution in [0.5, 0.6) is 11.5 Å². The van der Waals surface area contributed by atoms with Crippen LogP contribution in [-0.4, -0.2) is 23.2 Å². The van der Waals surface area contributed by atoms with Crippen molar-refractivity contribution >= 4 is 11.6 Å². The lowest BCUT2D eigenvalue weighted by atomic mass is 9.69. The van der Waals surface area contributed by atoms with Crippen molar-refractivity contribution in [3.63, 3.8) is 0 Å². The third-order valence-corrected chi connectivity index (χ3v) is 5.57. The second-order valence-electron chi connectivity index (χ2n) is 7.13. The number of phenolic OH excluding ortho intramolecular Hbond substituents is 2. The van der Waals surface area contributed by atoms with Gasteiger partial charge in [0.05, 0.1) is 0 Å². The lowest BCUT2D eigenvalue weighted by Gasteiger charge is -2.30. The number of phenols is 2. The SMILES string of the molecule is Cc1cc([C@]2(c3ccc(C)c(O)c3)C(=O)N(C)c3ccccc32)ccc1O. The molecule has 0 radical (unpaired) electrons. The Labute approximate surface area is 158 Å². The zero-order valence-electron chi connectivity index (χ0n) is 15.5. The standard InChI is InChI=1S/C23H21NO3/c1-14-8-9-17(13-21(14)26)23(16-10-11-20(25)15(2)12-16)18-6-4-5-7-19(18)24(3)22(23)27/h4-13,25-26H,1-3H3/t23-/m1/s1. The topological polar surface area (TPSA) is 60.8 Å². The van der Waals surface area contributed by atoms with Gasteiger partial charge in [0.15, 0.2) is 0 Å². The molecule has 2 N–H and O–H groups in total. The summed E-state index contributed by atoms with van der Waals surface area (Å²) in [6.07, 6.45) is 0. The van der Waals surface area contributed by atoms with Crippen LogP contribution in [-0.2, 0) is 10.2 Å². The fraction of sp³-hybridized carbons (Fsp3) is 0.174. The third kappa shape index (κ3) is 2.26. The van der Waals surface area contributed by atoms with E-state index < -0.39 is 5.41 Å². The molecule has 136 valence electrons. The smallest absolute Gasteiger partial charge is 0.246 e. The predicted molar refractivity (Wildman–Crippen MR) is 105 cm³/mol. The quantitative estimate of drug-likeness (QED) is 0.726. The molecule has 0 bridgehead atoms. The number of hydrogen-bond donors (Lipinski definition) is 2. The van der Waals surface area contributed by atoms with Crippen molar-refractivity contribution in [2.75, 3.05) is 11.9 Å². The van der Waals surface area contributed by atoms with Crippen LogP contribution in [0.3, 0.4) is 0 Å². The fourth-order valence-corrected chi connectivity index (χ4v) is 4.02. The lowest BCUT2D eigenvalue weighted by molar-refractivity contribution is -0.120. The zero-order valence-corrected chi connectivity index (χ0v) is 15.5. The van der Waals surface area contributed by atoms with E-state index in [0.29, 0.717) is 11.1 Å². The van der Waals surface area contributed by atoms with Crippen LogP contribution in [0.15, 0.2) is 60.7 Å². The van der Waals surface area contributed by atoms with E-state index in [1.165, 1.54) is 0 Å². The maximum Gasteiger partial charge on any atom is 0.246 e. The number of rotatable bonds is 2. The van der Waals surface area contributed by atoms with Crippen molar-refractivity contribution in [2.24, 2.45) is 0 Å². The van der Waals surface area contributed by atoms with Crippen molar-refractivity contribution in [3.8, 4) is 11.5 Å². The largest absolute Gasteiger partial charge is 0.508 e. The molecule has 3 aromatic carbocycles. The molecule has 0 aromatic heterocycles. The Morgan fingerprint density at radius 3 is 2.19 bits per heavy atom. The highest BCUT2D eigenvalue weighted by Gasteiger charge is 2.52. The average Bonchev–Trinajstić information content (AvgIpc) is 2.89. The van der Waals surface area contributed by atoms with Gasteiger partial charge in [0.1, 0.15) is 16.9 Å². The summed E-state index contributed by atoms with van der Waals surface area (Å²) in [5, 5.41) is 20.4. The van der Waals surface area contributed by atoms with Crippen molar-refractivity contribution < 1.29 is 15.0 Å². The van der Waals surface area contributed by atoms with Crippen LogP contribution < -0.4 is 4.90 Å². The van der Waals surface area contributed by atoms with E-state index in [2.05, 4.69) is 0 Å². The minimum absolute atomic E-state index is 0.0861. The molecule has 1 amide bonds. The highest BCUT2D eigenvalue weighted by molar-refractivity contribution is 6.12. The maximum absolute atomic E-state index is 13.7. The molecule has 1 atom stereocenters. The van der Waals surface area contributed by atoms with E-state index >= 15 is 0 Å². The Morgan fingerprint density at radius 2 is 1.48 bits per heavy atom. The molecule has 0 spiro atoms. The number of para-hydroxylation sites is 1. The van der Waals surface area contributed by atoms with Crippen molar-refractivity contribution in [2.45, 2.75) is 19.3 Å². The van der Waals surface area contributed by atoms with Crippen LogP contribution in [0.4, 0.5) is 5.69 Å². The number of aryl methyl sites for hydroxylation is 2. The summed E-state index contributed by atoms with van der Waals surface area (Å²) in [6.45, 7) is 3.64. The van der Waals surface area contributed by atoms with E-state index in [1.807, 2.05) is 56.3 Å². The second kappa shape index (κ2) is 5.88. The van der Waals surface area contributed by atoms with E-state index in [1.54, 1.807) is 30.1 Å². The highest BCUT2D eigenvalue weighted by atomic mass is 16.3. The van der Waals surface area contributed by atoms with Gasteiger partial charge in [-0.2, -0.15) is 0 Å². The van der Waals surface area contributed by atoms with Gasteiger partial charge < -0.3 is 15.1 Å². The summed E-state index contributed by atoms with van der Waals surface area (Å²) in [5.41, 5.74) is 3.56. The first kappa shape index (κ1) is 17.2. The monoisotopic (exact) mass is 359 g/mol. The number of likely N-dealkylation sites (N-methyl/N-ethyl adjacent to an activating group) is 1. The van der Waals surface area contributed by atoms with Gasteiger partial charge in [-0.1, -0.05) is 42.5 Å². The van der Waals surface area contributed by atoms with Crippen LogP contribution in [0.25, 0.3) is 0 Å². The molecule has 27 heavy (non-hydrogen) atoms. The number of nitrogens with zero attached hydrogens (tertiary/aromatic N) is 1. The Hall–Kier alpha value is -3.27. The van der Waals surface area contributed by atoms with E-state index in [-0.39, 0.29) is 17.4 Å². The molecule has 3 aromatic rings. The molecule has 1 heterocycles. The van der Waals surface area contributed by atoms with Gasteiger partial charge in [-0.25, -0.2) is 0 Å². The molecule has 1 aliphatic rings. The molecule has 1 aliphatic heterocycles. The zero-order chi connectivity index (χ0) is 19.3. The molecule has 0 fully saturated rings. The van der Waals surface area contributed by atoms with E-state index in [4.69, 9.17) is 0 Å². The number of carbonyl (C=O) groups is 1. The second-order valence-corrected chi connectivity index (χ2v) is 7.13. The number of fused-ring (bicyclic) bond motifs is 1. The van der Waals surface area contributed by atoms with Crippen LogP contribution in [0.1, 0.15) is 27.8 Å². The van der Waals surface area contributed by atoms with Crippen molar-refractivity contribution in [1.29, 1.82) is 0 Å². The number of hydrogen-bond acceptors (Lipinski definition) is 3. The highest BCUT2D eigenvalue weighted by Crippen LogP contribution is 2.50. The Balaban J connectivity index is 2.12. The summed E-state index contributed by atoms with van der Waals surface area (Å²) < 4.78 is 0. The summed E-state index contributed by atoms with van der Waals surface area (Å²) in [6, 6.07) is 18.4. The first-order valence-corrected chi connectivity index (χ1v) is 8.85. The van der Waals surface area contributed by atoms with Crippen molar-refractivity contribution in [3.05, 3.63) is 88.5 Å². The van der Waals surface area contributed by atoms with Gasteiger partial charge in [-0.3, -0.25) is 4.79 Å². The molecule has 4 heteroatoms. The predicted octanol–water partition coefficient (Wildman–Crippen LogP) is 4.03. The number of aromatic hydroxyl groups is 2. The number of benzene rings is 3. The molecule has 0 saturated heterocycles. The summed E-state index contributed by atoms with van der Waals surface area (Å²) in [5.74, 6) is 0.256. The van der Waals surface area contributed by atoms with E-state index in [0.717, 1.165) is 22.4 Å². The molecule has 0 saturated carbocycles. The van der Waals surface area contributed by atoms with Gasteiger partial charge in [0.25, 0.3) is 0 Å². The third-order valence-electron chi connectivity index (χ3n) is 5.57. The van der Waals surface area contributed by atoms with Crippen LogP contribution in [0.2, 0.25) is 0 Å². The van der Waals surface area contributed by atoms with Gasteiger partial charge in [-0.05, 0) is 54.3 Å². The normalized spacial score (nSPS) is 18.6. The fourth-order valence-electron chi connectivity index (χ4n) is 4.02.